The molecule has 15 heavy (non-hydrogen) atoms. The second-order valence-corrected chi connectivity index (χ2v) is 3.36. The van der Waals surface area contributed by atoms with Crippen LogP contribution < -0.4 is 5.73 Å². The van der Waals surface area contributed by atoms with Crippen LogP contribution in [-0.2, 0) is 0 Å². The Morgan fingerprint density at radius 2 is 2.07 bits per heavy atom. The minimum atomic E-state index is -0.781. The molecule has 2 aromatic rings. The van der Waals surface area contributed by atoms with Gasteiger partial charge in [-0.1, -0.05) is 11.6 Å². The van der Waals surface area contributed by atoms with E-state index in [1.165, 1.54) is 12.1 Å². The first-order valence-electron chi connectivity index (χ1n) is 4.04. The van der Waals surface area contributed by atoms with Gasteiger partial charge in [0.2, 0.25) is 0 Å². The van der Waals surface area contributed by atoms with E-state index in [-0.39, 0.29) is 17.1 Å². The number of aromatic amines is 1. The number of nitrogens with one attached hydrogen (secondary N) is 1. The Kier molecular flexibility index (Phi) is 2.32. The number of anilines is 1. The average molecular weight is 230 g/mol. The van der Waals surface area contributed by atoms with Crippen LogP contribution in [0.4, 0.5) is 14.6 Å². The SMILES string of the molecule is Nc1n[nH]c(-c2cc(Cl)ccc2F)c1F. The summed E-state index contributed by atoms with van der Waals surface area (Å²) in [6, 6.07) is 3.82. The Morgan fingerprint density at radius 3 is 2.67 bits per heavy atom. The first kappa shape index (κ1) is 9.92. The van der Waals surface area contributed by atoms with Gasteiger partial charge >= 0.3 is 0 Å². The Labute approximate surface area is 88.9 Å². The quantitative estimate of drug-likeness (QED) is 0.790. The van der Waals surface area contributed by atoms with Gasteiger partial charge in [0.05, 0.1) is 0 Å². The lowest BCUT2D eigenvalue weighted by Gasteiger charge is -2.00. The largest absolute Gasteiger partial charge is 0.380 e. The van der Waals surface area contributed by atoms with Crippen molar-refractivity contribution in [2.45, 2.75) is 0 Å². The van der Waals surface area contributed by atoms with Crippen molar-refractivity contribution in [3.05, 3.63) is 34.9 Å². The van der Waals surface area contributed by atoms with Crippen LogP contribution in [-0.4, -0.2) is 10.2 Å². The number of nitrogens with zero attached hydrogens (tertiary/aromatic N) is 1. The highest BCUT2D eigenvalue weighted by Gasteiger charge is 2.15. The second-order valence-electron chi connectivity index (χ2n) is 2.92. The predicted octanol–water partition coefficient (Wildman–Crippen LogP) is 2.59. The Hall–Kier alpha value is -1.62. The van der Waals surface area contributed by atoms with Crippen LogP contribution in [0.3, 0.4) is 0 Å². The van der Waals surface area contributed by atoms with Crippen LogP contribution in [0.5, 0.6) is 0 Å². The minimum Gasteiger partial charge on any atom is -0.380 e. The van der Waals surface area contributed by atoms with Crippen LogP contribution in [0.1, 0.15) is 0 Å². The predicted molar refractivity (Wildman–Crippen MR) is 53.4 cm³/mol. The van der Waals surface area contributed by atoms with E-state index in [9.17, 15) is 8.78 Å². The van der Waals surface area contributed by atoms with E-state index in [0.717, 1.165) is 6.07 Å². The molecule has 0 aliphatic heterocycles. The second kappa shape index (κ2) is 3.51. The molecule has 0 atom stereocenters. The molecule has 0 fully saturated rings. The van der Waals surface area contributed by atoms with E-state index >= 15 is 0 Å². The van der Waals surface area contributed by atoms with Crippen molar-refractivity contribution in [2.24, 2.45) is 0 Å². The number of H-pyrrole nitrogens is 1. The van der Waals surface area contributed by atoms with Gasteiger partial charge in [-0.3, -0.25) is 5.10 Å². The van der Waals surface area contributed by atoms with Crippen LogP contribution in [0.25, 0.3) is 11.3 Å². The Bertz CT molecular complexity index is 510. The lowest BCUT2D eigenvalue weighted by molar-refractivity contribution is 0.618. The molecule has 0 spiro atoms. The summed E-state index contributed by atoms with van der Waals surface area (Å²) in [5, 5.41) is 6.05. The number of hydrogen-bond acceptors (Lipinski definition) is 2. The highest BCUT2D eigenvalue weighted by Crippen LogP contribution is 2.28. The van der Waals surface area contributed by atoms with Gasteiger partial charge in [0.25, 0.3) is 0 Å². The first-order valence-corrected chi connectivity index (χ1v) is 4.42. The van der Waals surface area contributed by atoms with Gasteiger partial charge in [-0.05, 0) is 18.2 Å². The standard InChI is InChI=1S/C9H6ClF2N3/c10-4-1-2-6(11)5(3-4)8-7(12)9(13)15-14-8/h1-3H,(H3,13,14,15). The van der Waals surface area contributed by atoms with Gasteiger partial charge in [0, 0.05) is 10.6 Å². The van der Waals surface area contributed by atoms with Crippen LogP contribution in [0, 0.1) is 11.6 Å². The summed E-state index contributed by atoms with van der Waals surface area (Å²) in [7, 11) is 0. The van der Waals surface area contributed by atoms with E-state index < -0.39 is 11.6 Å². The van der Waals surface area contributed by atoms with E-state index in [1.807, 2.05) is 0 Å². The molecular formula is C9H6ClF2N3. The smallest absolute Gasteiger partial charge is 0.192 e. The summed E-state index contributed by atoms with van der Waals surface area (Å²) < 4.78 is 26.7. The van der Waals surface area contributed by atoms with Gasteiger partial charge in [0.1, 0.15) is 11.5 Å². The molecule has 0 unspecified atom stereocenters. The molecule has 0 saturated carbocycles. The first-order chi connectivity index (χ1) is 7.09. The maximum Gasteiger partial charge on any atom is 0.192 e. The molecule has 1 heterocycles. The number of nitrogens with two attached hydrogens (primary N) is 1. The summed E-state index contributed by atoms with van der Waals surface area (Å²) in [4.78, 5) is 0. The van der Waals surface area contributed by atoms with E-state index in [2.05, 4.69) is 10.2 Å². The van der Waals surface area contributed by atoms with Gasteiger partial charge in [0.15, 0.2) is 11.6 Å². The van der Waals surface area contributed by atoms with Crippen molar-refractivity contribution < 1.29 is 8.78 Å². The normalized spacial score (nSPS) is 10.6. The summed E-state index contributed by atoms with van der Waals surface area (Å²) in [6.07, 6.45) is 0. The molecule has 1 aromatic carbocycles. The third-order valence-electron chi connectivity index (χ3n) is 1.93. The number of aromatic nitrogens is 2. The highest BCUT2D eigenvalue weighted by atomic mass is 35.5. The molecule has 3 N–H and O–H groups in total. The number of halogens is 3. The van der Waals surface area contributed by atoms with E-state index in [1.54, 1.807) is 0 Å². The maximum atomic E-state index is 13.3. The van der Waals surface area contributed by atoms with Crippen molar-refractivity contribution in [1.82, 2.24) is 10.2 Å². The topological polar surface area (TPSA) is 54.7 Å². The number of hydrogen-bond donors (Lipinski definition) is 2. The monoisotopic (exact) mass is 229 g/mol. The van der Waals surface area contributed by atoms with Gasteiger partial charge < -0.3 is 5.73 Å². The molecule has 3 nitrogen and oxygen atoms in total. The molecule has 0 saturated heterocycles. The van der Waals surface area contributed by atoms with Crippen molar-refractivity contribution >= 4 is 17.4 Å². The zero-order chi connectivity index (χ0) is 11.0. The Morgan fingerprint density at radius 1 is 1.33 bits per heavy atom. The number of nitrogen functional groups attached to an aromatic ring is 1. The molecule has 6 heteroatoms. The molecule has 0 bridgehead atoms. The number of rotatable bonds is 1. The molecule has 78 valence electrons. The summed E-state index contributed by atoms with van der Waals surface area (Å²) in [5.41, 5.74) is 5.09. The molecule has 0 aliphatic rings. The van der Waals surface area contributed by atoms with Gasteiger partial charge in [-0.2, -0.15) is 5.10 Å². The van der Waals surface area contributed by atoms with E-state index in [0.29, 0.717) is 5.02 Å². The fourth-order valence-corrected chi connectivity index (χ4v) is 1.38. The summed E-state index contributed by atoms with van der Waals surface area (Å²) in [6.45, 7) is 0. The molecule has 0 radical (unpaired) electrons. The third-order valence-corrected chi connectivity index (χ3v) is 2.17. The molecule has 0 aliphatic carbocycles. The van der Waals surface area contributed by atoms with Crippen molar-refractivity contribution in [3.8, 4) is 11.3 Å². The minimum absolute atomic E-state index is 0.00389. The van der Waals surface area contributed by atoms with Crippen molar-refractivity contribution in [2.75, 3.05) is 5.73 Å². The average Bonchev–Trinajstić information content (AvgIpc) is 2.52. The Balaban J connectivity index is 2.63. The lowest BCUT2D eigenvalue weighted by Crippen LogP contribution is -1.89. The van der Waals surface area contributed by atoms with Gasteiger partial charge in [-0.25, -0.2) is 8.78 Å². The van der Waals surface area contributed by atoms with Crippen LogP contribution >= 0.6 is 11.6 Å². The fraction of sp³-hybridized carbons (Fsp3) is 0. The van der Waals surface area contributed by atoms with Crippen LogP contribution in [0.15, 0.2) is 18.2 Å². The maximum absolute atomic E-state index is 13.3. The number of benzene rings is 1. The third kappa shape index (κ3) is 1.66. The molecule has 0 amide bonds. The van der Waals surface area contributed by atoms with Crippen LogP contribution in [0.2, 0.25) is 5.02 Å². The lowest BCUT2D eigenvalue weighted by atomic mass is 10.1. The summed E-state index contributed by atoms with van der Waals surface area (Å²) in [5.74, 6) is -1.68. The fourth-order valence-electron chi connectivity index (χ4n) is 1.21. The molecule has 1 aromatic heterocycles. The molecular weight excluding hydrogens is 224 g/mol. The van der Waals surface area contributed by atoms with Crippen molar-refractivity contribution in [3.63, 3.8) is 0 Å². The zero-order valence-corrected chi connectivity index (χ0v) is 8.15. The van der Waals surface area contributed by atoms with E-state index in [4.69, 9.17) is 17.3 Å². The molecule has 2 rings (SSSR count). The highest BCUT2D eigenvalue weighted by molar-refractivity contribution is 6.30. The van der Waals surface area contributed by atoms with Crippen molar-refractivity contribution in [1.29, 1.82) is 0 Å². The zero-order valence-electron chi connectivity index (χ0n) is 7.39. The van der Waals surface area contributed by atoms with Gasteiger partial charge in [-0.15, -0.1) is 0 Å². The summed E-state index contributed by atoms with van der Waals surface area (Å²) >= 11 is 5.67.